The van der Waals surface area contributed by atoms with Crippen molar-refractivity contribution in [2.75, 3.05) is 0 Å². The molecule has 2 rings (SSSR count). The molecule has 1 saturated heterocycles. The Morgan fingerprint density at radius 2 is 1.73 bits per heavy atom. The van der Waals surface area contributed by atoms with Crippen LogP contribution in [0.5, 0.6) is 0 Å². The molecule has 0 bridgehead atoms. The van der Waals surface area contributed by atoms with Gasteiger partial charge in [-0.05, 0) is 57.3 Å². The van der Waals surface area contributed by atoms with Crippen LogP contribution in [0.4, 0.5) is 13.2 Å². The van der Waals surface area contributed by atoms with Gasteiger partial charge in [-0.3, -0.25) is 0 Å². The van der Waals surface area contributed by atoms with Crippen LogP contribution in [0.25, 0.3) is 0 Å². The summed E-state index contributed by atoms with van der Waals surface area (Å²) < 4.78 is 78.5. The summed E-state index contributed by atoms with van der Waals surface area (Å²) in [5, 5.41) is 0.0283. The molecule has 1 aliphatic carbocycles. The zero-order valence-corrected chi connectivity index (χ0v) is 21.0. The highest BCUT2D eigenvalue weighted by molar-refractivity contribution is 7.87. The van der Waals surface area contributed by atoms with Crippen LogP contribution in [-0.2, 0) is 23.5 Å². The summed E-state index contributed by atoms with van der Waals surface area (Å²) >= 11 is 0. The van der Waals surface area contributed by atoms with Crippen molar-refractivity contribution < 1.29 is 34.9 Å². The van der Waals surface area contributed by atoms with E-state index in [0.29, 0.717) is 12.8 Å². The number of ether oxygens (including phenoxy) is 1. The van der Waals surface area contributed by atoms with Gasteiger partial charge in [0.1, 0.15) is 5.76 Å². The molecular formula is C20H35F3O5SSi. The number of hydrogen-bond donors (Lipinski definition) is 0. The van der Waals surface area contributed by atoms with Gasteiger partial charge < -0.3 is 13.3 Å². The second-order valence-corrected chi connectivity index (χ2v) is 17.1. The quantitative estimate of drug-likeness (QED) is 0.290. The number of rotatable bonds is 4. The summed E-state index contributed by atoms with van der Waals surface area (Å²) in [4.78, 5) is 0. The fourth-order valence-electron chi connectivity index (χ4n) is 3.78. The summed E-state index contributed by atoms with van der Waals surface area (Å²) in [7, 11) is -7.74. The smallest absolute Gasteiger partial charge is 0.411 e. The van der Waals surface area contributed by atoms with Crippen LogP contribution in [0.1, 0.15) is 67.2 Å². The van der Waals surface area contributed by atoms with Crippen LogP contribution < -0.4 is 0 Å². The van der Waals surface area contributed by atoms with Gasteiger partial charge in [0.25, 0.3) is 0 Å². The standard InChI is InChI=1S/C20H35F3O5SSi/c1-17(2,3)30(7,8)28-15-11-12-19(6)13-14(27-29(24,25)20(21,22)23)9-10-16(19)26-18(15,4)5/h9,15-16H,10-13H2,1-8H3/t15-,16+,19+/m0/s1. The monoisotopic (exact) mass is 472 g/mol. The van der Waals surface area contributed by atoms with E-state index in [0.717, 1.165) is 0 Å². The largest absolute Gasteiger partial charge is 0.534 e. The number of allylic oxidation sites excluding steroid dienone is 1. The van der Waals surface area contributed by atoms with Crippen LogP contribution in [0, 0.1) is 5.41 Å². The fraction of sp³-hybridized carbons (Fsp3) is 0.900. The van der Waals surface area contributed by atoms with E-state index in [2.05, 4.69) is 38.0 Å². The number of alkyl halides is 3. The topological polar surface area (TPSA) is 61.8 Å². The lowest BCUT2D eigenvalue weighted by atomic mass is 9.72. The molecule has 10 heteroatoms. The molecule has 0 aromatic heterocycles. The minimum Gasteiger partial charge on any atom is -0.411 e. The van der Waals surface area contributed by atoms with Gasteiger partial charge in [0, 0.05) is 11.8 Å². The van der Waals surface area contributed by atoms with Gasteiger partial charge in [-0.25, -0.2) is 0 Å². The first-order valence-electron chi connectivity index (χ1n) is 10.3. The van der Waals surface area contributed by atoms with Gasteiger partial charge in [0.15, 0.2) is 8.32 Å². The molecule has 5 nitrogen and oxygen atoms in total. The molecule has 3 atom stereocenters. The molecule has 30 heavy (non-hydrogen) atoms. The van der Waals surface area contributed by atoms with Crippen molar-refractivity contribution in [2.45, 2.75) is 109 Å². The van der Waals surface area contributed by atoms with Gasteiger partial charge >= 0.3 is 15.6 Å². The second kappa shape index (κ2) is 7.77. The van der Waals surface area contributed by atoms with E-state index >= 15 is 0 Å². The van der Waals surface area contributed by atoms with Crippen LogP contribution >= 0.6 is 0 Å². The van der Waals surface area contributed by atoms with E-state index in [9.17, 15) is 21.6 Å². The van der Waals surface area contributed by atoms with Crippen molar-refractivity contribution in [3.8, 4) is 0 Å². The second-order valence-electron chi connectivity index (χ2n) is 10.8. The Morgan fingerprint density at radius 1 is 1.17 bits per heavy atom. The van der Waals surface area contributed by atoms with Crippen molar-refractivity contribution >= 4 is 18.4 Å². The zero-order chi connectivity index (χ0) is 23.4. The Kier molecular flexibility index (Phi) is 6.65. The maximum Gasteiger partial charge on any atom is 0.534 e. The Bertz CT molecular complexity index is 783. The van der Waals surface area contributed by atoms with E-state index in [1.54, 1.807) is 0 Å². The molecule has 0 spiro atoms. The minimum atomic E-state index is -5.67. The predicted molar refractivity (Wildman–Crippen MR) is 112 cm³/mol. The predicted octanol–water partition coefficient (Wildman–Crippen LogP) is 5.88. The van der Waals surface area contributed by atoms with Crippen LogP contribution in [0.15, 0.2) is 11.8 Å². The van der Waals surface area contributed by atoms with Crippen molar-refractivity contribution in [2.24, 2.45) is 5.41 Å². The van der Waals surface area contributed by atoms with Gasteiger partial charge in [0.2, 0.25) is 0 Å². The number of fused-ring (bicyclic) bond motifs is 1. The minimum absolute atomic E-state index is 0.0283. The van der Waals surface area contributed by atoms with Crippen molar-refractivity contribution in [3.05, 3.63) is 11.8 Å². The summed E-state index contributed by atoms with van der Waals surface area (Å²) in [5.74, 6) is -0.170. The van der Waals surface area contributed by atoms with E-state index in [1.807, 2.05) is 20.8 Å². The third-order valence-corrected chi connectivity index (χ3v) is 12.3. The average molecular weight is 473 g/mol. The lowest BCUT2D eigenvalue weighted by molar-refractivity contribution is -0.146. The lowest BCUT2D eigenvalue weighted by Gasteiger charge is -2.44. The molecule has 0 aromatic carbocycles. The normalized spacial score (nSPS) is 30.8. The Labute approximate surface area is 179 Å². The van der Waals surface area contributed by atoms with Gasteiger partial charge in [-0.1, -0.05) is 27.7 Å². The van der Waals surface area contributed by atoms with Crippen molar-refractivity contribution in [3.63, 3.8) is 0 Å². The molecule has 0 unspecified atom stereocenters. The molecule has 176 valence electrons. The molecule has 2 aliphatic rings. The van der Waals surface area contributed by atoms with E-state index < -0.39 is 35.0 Å². The molecule has 0 amide bonds. The first-order valence-corrected chi connectivity index (χ1v) is 14.6. The molecular weight excluding hydrogens is 437 g/mol. The summed E-state index contributed by atoms with van der Waals surface area (Å²) in [6.45, 7) is 16.7. The molecule has 0 saturated carbocycles. The average Bonchev–Trinajstić information content (AvgIpc) is 2.60. The SMILES string of the molecule is CC1(C)O[C@@H]2CC=C(OS(=O)(=O)C(F)(F)F)C[C@@]2(C)CC[C@@H]1O[Si](C)(C)C(C)(C)C. The summed E-state index contributed by atoms with van der Waals surface area (Å²) in [5.41, 5.74) is -6.58. The number of hydrogen-bond acceptors (Lipinski definition) is 5. The lowest BCUT2D eigenvalue weighted by Crippen LogP contribution is -2.51. The van der Waals surface area contributed by atoms with Gasteiger partial charge in [0.05, 0.1) is 17.8 Å². The molecule has 1 aliphatic heterocycles. The Balaban J connectivity index is 2.23. The van der Waals surface area contributed by atoms with E-state index in [4.69, 9.17) is 9.16 Å². The summed E-state index contributed by atoms with van der Waals surface area (Å²) in [6, 6.07) is 0. The summed E-state index contributed by atoms with van der Waals surface area (Å²) in [6.07, 6.45) is 2.64. The number of halogens is 3. The third kappa shape index (κ3) is 5.24. The highest BCUT2D eigenvalue weighted by Gasteiger charge is 2.52. The Morgan fingerprint density at radius 3 is 2.23 bits per heavy atom. The van der Waals surface area contributed by atoms with Crippen LogP contribution in [0.3, 0.4) is 0 Å². The molecule has 1 heterocycles. The van der Waals surface area contributed by atoms with Gasteiger partial charge in [-0.2, -0.15) is 21.6 Å². The first-order chi connectivity index (χ1) is 13.2. The molecule has 0 N–H and O–H groups in total. The van der Waals surface area contributed by atoms with E-state index in [1.165, 1.54) is 6.08 Å². The van der Waals surface area contributed by atoms with Crippen molar-refractivity contribution in [1.82, 2.24) is 0 Å². The van der Waals surface area contributed by atoms with Crippen molar-refractivity contribution in [1.29, 1.82) is 0 Å². The maximum atomic E-state index is 12.7. The highest BCUT2D eigenvalue weighted by atomic mass is 32.2. The third-order valence-electron chi connectivity index (χ3n) is 6.86. The molecule has 0 radical (unpaired) electrons. The molecule has 0 aromatic rings. The van der Waals surface area contributed by atoms with Gasteiger partial charge in [-0.15, -0.1) is 0 Å². The molecule has 1 fully saturated rings. The maximum absolute atomic E-state index is 12.7. The van der Waals surface area contributed by atoms with Crippen LogP contribution in [-0.4, -0.2) is 40.1 Å². The first kappa shape index (κ1) is 25.7. The Hall–Kier alpha value is -0.583. The highest BCUT2D eigenvalue weighted by Crippen LogP contribution is 2.49. The fourth-order valence-corrected chi connectivity index (χ4v) is 5.75. The van der Waals surface area contributed by atoms with Crippen LogP contribution in [0.2, 0.25) is 18.1 Å². The van der Waals surface area contributed by atoms with E-state index in [-0.39, 0.29) is 35.8 Å². The zero-order valence-electron chi connectivity index (χ0n) is 19.1.